The van der Waals surface area contributed by atoms with Gasteiger partial charge in [0.2, 0.25) is 0 Å². The molecule has 0 radical (unpaired) electrons. The molecule has 3 aromatic carbocycles. The van der Waals surface area contributed by atoms with Crippen molar-refractivity contribution in [3.05, 3.63) is 114 Å². The third kappa shape index (κ3) is 4.86. The molecule has 0 aliphatic rings. The first-order valence-electron chi connectivity index (χ1n) is 10.5. The number of nitrogens with zero attached hydrogens (tertiary/aromatic N) is 2. The molecule has 1 atom stereocenters. The third-order valence-corrected chi connectivity index (χ3v) is 5.59. The van der Waals surface area contributed by atoms with Crippen molar-refractivity contribution in [2.24, 2.45) is 10.7 Å². The zero-order valence-corrected chi connectivity index (χ0v) is 20.3. The zero-order chi connectivity index (χ0) is 22.8. The highest BCUT2D eigenvalue weighted by Gasteiger charge is 2.19. The van der Waals surface area contributed by atoms with Crippen LogP contribution in [0.25, 0.3) is 22.2 Å². The lowest BCUT2D eigenvalue weighted by Gasteiger charge is -2.12. The molecule has 5 nitrogen and oxygen atoms in total. The quantitative estimate of drug-likeness (QED) is 0.130. The van der Waals surface area contributed by atoms with Gasteiger partial charge in [0, 0.05) is 29.6 Å². The minimum atomic E-state index is -0.758. The second-order valence-electron chi connectivity index (χ2n) is 7.77. The van der Waals surface area contributed by atoms with Crippen LogP contribution in [0.5, 0.6) is 0 Å². The molecule has 0 aliphatic heterocycles. The van der Waals surface area contributed by atoms with Gasteiger partial charge in [-0.2, -0.15) is 0 Å². The Morgan fingerprint density at radius 2 is 1.76 bits per heavy atom. The van der Waals surface area contributed by atoms with Gasteiger partial charge in [-0.15, -0.1) is 24.0 Å². The fourth-order valence-electron chi connectivity index (χ4n) is 3.92. The average molecular weight is 569 g/mol. The number of hydrogen-bond donors (Lipinski definition) is 3. The number of rotatable bonds is 6. The zero-order valence-electron chi connectivity index (χ0n) is 18.0. The van der Waals surface area contributed by atoms with E-state index in [1.54, 1.807) is 6.20 Å². The van der Waals surface area contributed by atoms with E-state index in [0.717, 1.165) is 39.9 Å². The molecule has 0 saturated carbocycles. The summed E-state index contributed by atoms with van der Waals surface area (Å²) in [5, 5.41) is 1.07. The fourth-order valence-corrected chi connectivity index (χ4v) is 3.92. The van der Waals surface area contributed by atoms with Crippen LogP contribution in [0.2, 0.25) is 0 Å². The molecule has 172 valence electrons. The molecule has 8 heteroatoms. The molecule has 0 amide bonds. The molecule has 2 heterocycles. The number of amidine groups is 1. The summed E-state index contributed by atoms with van der Waals surface area (Å²) in [6, 6.07) is 20.5. The Kier molecular flexibility index (Phi) is 7.06. The maximum Gasteiger partial charge on any atom is 0.137 e. The van der Waals surface area contributed by atoms with E-state index in [-0.39, 0.29) is 35.4 Å². The van der Waals surface area contributed by atoms with Crippen LogP contribution >= 0.6 is 24.0 Å². The second-order valence-corrected chi connectivity index (χ2v) is 7.77. The molecule has 0 aliphatic carbocycles. The number of imidazole rings is 1. The molecule has 0 unspecified atom stereocenters. The predicted molar refractivity (Wildman–Crippen MR) is 141 cm³/mol. The van der Waals surface area contributed by atoms with Crippen LogP contribution in [-0.2, 0) is 6.42 Å². The Morgan fingerprint density at radius 1 is 1.00 bits per heavy atom. The second kappa shape index (κ2) is 10.2. The van der Waals surface area contributed by atoms with Crippen molar-refractivity contribution in [1.29, 1.82) is 0 Å². The highest BCUT2D eigenvalue weighted by Crippen LogP contribution is 2.28. The number of fused-ring (bicyclic) bond motifs is 1. The number of para-hydroxylation sites is 1. The Labute approximate surface area is 212 Å². The molecule has 0 fully saturated rings. The molecule has 2 aromatic heterocycles. The van der Waals surface area contributed by atoms with E-state index in [1.807, 2.05) is 60.8 Å². The van der Waals surface area contributed by atoms with E-state index in [1.165, 1.54) is 6.07 Å². The van der Waals surface area contributed by atoms with Gasteiger partial charge in [0.25, 0.3) is 0 Å². The van der Waals surface area contributed by atoms with Crippen LogP contribution in [0.3, 0.4) is 0 Å². The van der Waals surface area contributed by atoms with Crippen molar-refractivity contribution in [2.45, 2.75) is 12.5 Å². The van der Waals surface area contributed by atoms with Crippen LogP contribution in [0.4, 0.5) is 8.78 Å². The van der Waals surface area contributed by atoms with Gasteiger partial charge in [-0.1, -0.05) is 48.5 Å². The standard InChI is InChI=1S/C26H21F2N5.HI/c27-18-10-11-20(21(28)13-18)25(29)32-23(12-17-14-30-22-9-5-4-8-19(17)22)26-31-15-24(33-26)16-6-2-1-3-7-16;/h1-11,13-15,23,30H,12H2,(H2,29,32)(H,31,33);1H/t23-;/m1./s1. The van der Waals surface area contributed by atoms with Gasteiger partial charge in [-0.05, 0) is 29.3 Å². The van der Waals surface area contributed by atoms with E-state index < -0.39 is 17.7 Å². The van der Waals surface area contributed by atoms with Crippen molar-refractivity contribution >= 4 is 40.7 Å². The summed E-state index contributed by atoms with van der Waals surface area (Å²) in [4.78, 5) is 15.8. The monoisotopic (exact) mass is 569 g/mol. The lowest BCUT2D eigenvalue weighted by molar-refractivity contribution is 0.581. The third-order valence-electron chi connectivity index (χ3n) is 5.59. The summed E-state index contributed by atoms with van der Waals surface area (Å²) in [5.41, 5.74) is 10.1. The van der Waals surface area contributed by atoms with Crippen molar-refractivity contribution in [2.75, 3.05) is 0 Å². The van der Waals surface area contributed by atoms with Gasteiger partial charge < -0.3 is 15.7 Å². The topological polar surface area (TPSA) is 82.8 Å². The molecule has 5 rings (SSSR count). The van der Waals surface area contributed by atoms with Crippen LogP contribution in [0.1, 0.15) is 23.0 Å². The minimum Gasteiger partial charge on any atom is -0.383 e. The molecule has 34 heavy (non-hydrogen) atoms. The molecule has 4 N–H and O–H groups in total. The number of H-pyrrole nitrogens is 2. The number of hydrogen-bond acceptors (Lipinski definition) is 2. The van der Waals surface area contributed by atoms with Gasteiger partial charge in [-0.3, -0.25) is 4.99 Å². The van der Waals surface area contributed by atoms with Crippen molar-refractivity contribution in [3.8, 4) is 11.3 Å². The highest BCUT2D eigenvalue weighted by molar-refractivity contribution is 14.0. The fraction of sp³-hybridized carbons (Fsp3) is 0.0769. The molecule has 0 spiro atoms. The average Bonchev–Trinajstić information content (AvgIpc) is 3.47. The number of aliphatic imine (C=N–C) groups is 1. The summed E-state index contributed by atoms with van der Waals surface area (Å²) in [6.07, 6.45) is 4.16. The van der Waals surface area contributed by atoms with Gasteiger partial charge in [-0.25, -0.2) is 13.8 Å². The SMILES string of the molecule is I.NC(=N[C@H](Cc1c[nH]c2ccccc12)c1ncc(-c2ccccc2)[nH]1)c1ccc(F)cc1F. The molecular weight excluding hydrogens is 547 g/mol. The Morgan fingerprint density at radius 3 is 2.56 bits per heavy atom. The summed E-state index contributed by atoms with van der Waals surface area (Å²) in [5.74, 6) is -0.843. The van der Waals surface area contributed by atoms with E-state index in [9.17, 15) is 8.78 Å². The largest absolute Gasteiger partial charge is 0.383 e. The Bertz CT molecular complexity index is 1440. The normalized spacial score (nSPS) is 12.5. The van der Waals surface area contributed by atoms with E-state index in [4.69, 9.17) is 5.73 Å². The van der Waals surface area contributed by atoms with E-state index in [2.05, 4.69) is 19.9 Å². The maximum atomic E-state index is 14.3. The van der Waals surface area contributed by atoms with Gasteiger partial charge in [0.15, 0.2) is 0 Å². The lowest BCUT2D eigenvalue weighted by Crippen LogP contribution is -2.18. The van der Waals surface area contributed by atoms with Crippen molar-refractivity contribution < 1.29 is 8.78 Å². The summed E-state index contributed by atoms with van der Waals surface area (Å²) in [6.45, 7) is 0. The molecular formula is C26H22F2IN5. The number of nitrogens with one attached hydrogen (secondary N) is 2. The minimum absolute atomic E-state index is 0. The van der Waals surface area contributed by atoms with Gasteiger partial charge in [0.1, 0.15) is 29.3 Å². The molecule has 0 bridgehead atoms. The summed E-state index contributed by atoms with van der Waals surface area (Å²) >= 11 is 0. The first-order chi connectivity index (χ1) is 16.1. The summed E-state index contributed by atoms with van der Waals surface area (Å²) < 4.78 is 27.7. The van der Waals surface area contributed by atoms with E-state index in [0.29, 0.717) is 12.2 Å². The Hall–Kier alpha value is -3.53. The van der Waals surface area contributed by atoms with Crippen molar-refractivity contribution in [3.63, 3.8) is 0 Å². The van der Waals surface area contributed by atoms with Crippen LogP contribution in [-0.4, -0.2) is 20.8 Å². The smallest absolute Gasteiger partial charge is 0.137 e. The highest BCUT2D eigenvalue weighted by atomic mass is 127. The molecule has 5 aromatic rings. The number of aromatic amines is 2. The predicted octanol–water partition coefficient (Wildman–Crippen LogP) is 6.14. The van der Waals surface area contributed by atoms with Crippen LogP contribution in [0, 0.1) is 11.6 Å². The number of aromatic nitrogens is 3. The first-order valence-corrected chi connectivity index (χ1v) is 10.5. The van der Waals surface area contributed by atoms with Gasteiger partial charge >= 0.3 is 0 Å². The molecule has 0 saturated heterocycles. The van der Waals surface area contributed by atoms with Crippen LogP contribution < -0.4 is 5.73 Å². The van der Waals surface area contributed by atoms with Crippen molar-refractivity contribution in [1.82, 2.24) is 15.0 Å². The lowest BCUT2D eigenvalue weighted by atomic mass is 10.0. The van der Waals surface area contributed by atoms with E-state index >= 15 is 0 Å². The number of benzene rings is 3. The Balaban J connectivity index is 0.00000274. The van der Waals surface area contributed by atoms with Gasteiger partial charge in [0.05, 0.1) is 17.5 Å². The maximum absolute atomic E-state index is 14.3. The number of nitrogens with two attached hydrogens (primary N) is 1. The first kappa shape index (κ1) is 23.6. The summed E-state index contributed by atoms with van der Waals surface area (Å²) in [7, 11) is 0. The number of halogens is 3. The van der Waals surface area contributed by atoms with Crippen LogP contribution in [0.15, 0.2) is 90.2 Å².